The second kappa shape index (κ2) is 8.33. The van der Waals surface area contributed by atoms with Gasteiger partial charge in [-0.15, -0.1) is 0 Å². The highest BCUT2D eigenvalue weighted by molar-refractivity contribution is 5.81. The highest BCUT2D eigenvalue weighted by Gasteiger charge is 2.29. The van der Waals surface area contributed by atoms with E-state index in [0.29, 0.717) is 13.1 Å². The minimum atomic E-state index is -0.602. The number of amides is 2. The Labute approximate surface area is 151 Å². The summed E-state index contributed by atoms with van der Waals surface area (Å²) in [5.41, 5.74) is -1.09. The number of carbonyl (C=O) groups excluding carboxylic acids is 2. The van der Waals surface area contributed by atoms with E-state index in [1.54, 1.807) is 4.90 Å². The zero-order valence-corrected chi connectivity index (χ0v) is 14.9. The molecule has 2 aliphatic rings. The van der Waals surface area contributed by atoms with E-state index >= 15 is 0 Å². The molecule has 1 aromatic rings. The molecule has 1 saturated heterocycles. The first kappa shape index (κ1) is 18.4. The smallest absolute Gasteiger partial charge is 0.328 e. The van der Waals surface area contributed by atoms with Crippen LogP contribution in [0.4, 0.5) is 0 Å². The number of piperidine rings is 1. The number of nitrogens with zero attached hydrogens (tertiary/aromatic N) is 2. The van der Waals surface area contributed by atoms with E-state index in [0.717, 1.165) is 38.5 Å². The van der Waals surface area contributed by atoms with Gasteiger partial charge in [-0.25, -0.2) is 4.79 Å². The van der Waals surface area contributed by atoms with Gasteiger partial charge in [-0.1, -0.05) is 19.3 Å². The summed E-state index contributed by atoms with van der Waals surface area (Å²) in [6.45, 7) is 0.839. The van der Waals surface area contributed by atoms with E-state index in [1.165, 1.54) is 23.3 Å². The van der Waals surface area contributed by atoms with Crippen molar-refractivity contribution >= 4 is 11.8 Å². The molecule has 1 aliphatic heterocycles. The van der Waals surface area contributed by atoms with Crippen LogP contribution in [0, 0.1) is 5.92 Å². The molecule has 0 bridgehead atoms. The van der Waals surface area contributed by atoms with Crippen molar-refractivity contribution in [2.75, 3.05) is 13.1 Å². The summed E-state index contributed by atoms with van der Waals surface area (Å²) in [6, 6.07) is 1.48. The van der Waals surface area contributed by atoms with Crippen LogP contribution in [0.2, 0.25) is 0 Å². The zero-order chi connectivity index (χ0) is 18.5. The molecular formula is C18H26N4O4. The number of nitrogens with one attached hydrogen (secondary N) is 2. The van der Waals surface area contributed by atoms with Crippen LogP contribution in [-0.2, 0) is 16.1 Å². The molecule has 2 fully saturated rings. The van der Waals surface area contributed by atoms with Crippen molar-refractivity contribution in [3.05, 3.63) is 33.1 Å². The Morgan fingerprint density at radius 2 is 1.88 bits per heavy atom. The molecule has 1 aromatic heterocycles. The lowest BCUT2D eigenvalue weighted by Crippen LogP contribution is -2.49. The number of likely N-dealkylation sites (tertiary alicyclic amines) is 1. The van der Waals surface area contributed by atoms with Crippen LogP contribution in [0.5, 0.6) is 0 Å². The third-order valence-electron chi connectivity index (χ3n) is 5.30. The summed E-state index contributed by atoms with van der Waals surface area (Å²) >= 11 is 0. The van der Waals surface area contributed by atoms with Crippen molar-refractivity contribution < 1.29 is 9.59 Å². The first-order chi connectivity index (χ1) is 12.5. The van der Waals surface area contributed by atoms with Crippen molar-refractivity contribution in [1.29, 1.82) is 0 Å². The Balaban J connectivity index is 1.56. The zero-order valence-electron chi connectivity index (χ0n) is 14.9. The number of H-pyrrole nitrogens is 1. The Morgan fingerprint density at radius 3 is 2.62 bits per heavy atom. The summed E-state index contributed by atoms with van der Waals surface area (Å²) < 4.78 is 1.18. The lowest BCUT2D eigenvalue weighted by atomic mass is 9.93. The van der Waals surface area contributed by atoms with Crippen LogP contribution in [0.1, 0.15) is 44.9 Å². The number of hydrogen-bond acceptors (Lipinski definition) is 4. The maximum atomic E-state index is 12.5. The van der Waals surface area contributed by atoms with E-state index in [2.05, 4.69) is 10.3 Å². The monoisotopic (exact) mass is 362 g/mol. The summed E-state index contributed by atoms with van der Waals surface area (Å²) in [6.07, 6.45) is 8.50. The Morgan fingerprint density at radius 1 is 1.12 bits per heavy atom. The van der Waals surface area contributed by atoms with Gasteiger partial charge in [0.05, 0.1) is 5.92 Å². The number of rotatable bonds is 4. The molecule has 2 amide bonds. The van der Waals surface area contributed by atoms with Gasteiger partial charge in [-0.3, -0.25) is 23.9 Å². The fraction of sp³-hybridized carbons (Fsp3) is 0.667. The molecule has 1 saturated carbocycles. The van der Waals surface area contributed by atoms with E-state index in [1.807, 2.05) is 0 Å². The predicted octanol–water partition coefficient (Wildman–Crippen LogP) is 0.224. The van der Waals surface area contributed by atoms with Gasteiger partial charge in [0.1, 0.15) is 6.54 Å². The molecular weight excluding hydrogens is 336 g/mol. The summed E-state index contributed by atoms with van der Waals surface area (Å²) in [7, 11) is 0. The Kier molecular flexibility index (Phi) is 5.90. The van der Waals surface area contributed by atoms with Gasteiger partial charge in [-0.05, 0) is 25.7 Å². The number of hydrogen-bond donors (Lipinski definition) is 2. The summed E-state index contributed by atoms with van der Waals surface area (Å²) in [5.74, 6) is -0.369. The van der Waals surface area contributed by atoms with Gasteiger partial charge >= 0.3 is 5.69 Å². The molecule has 0 aromatic carbocycles. The highest BCUT2D eigenvalue weighted by Crippen LogP contribution is 2.21. The molecule has 1 aliphatic carbocycles. The number of aromatic amines is 1. The Hall–Kier alpha value is -2.38. The van der Waals surface area contributed by atoms with Crippen molar-refractivity contribution in [3.8, 4) is 0 Å². The number of carbonyl (C=O) groups is 2. The van der Waals surface area contributed by atoms with Gasteiger partial charge in [-0.2, -0.15) is 0 Å². The molecule has 26 heavy (non-hydrogen) atoms. The molecule has 1 unspecified atom stereocenters. The van der Waals surface area contributed by atoms with Gasteiger partial charge < -0.3 is 10.2 Å². The lowest BCUT2D eigenvalue weighted by Gasteiger charge is -2.33. The fourth-order valence-electron chi connectivity index (χ4n) is 3.80. The number of aromatic nitrogens is 2. The average Bonchev–Trinajstić information content (AvgIpc) is 2.65. The van der Waals surface area contributed by atoms with Gasteiger partial charge in [0.15, 0.2) is 0 Å². The topological polar surface area (TPSA) is 104 Å². The summed E-state index contributed by atoms with van der Waals surface area (Å²) in [5, 5.41) is 3.14. The molecule has 8 nitrogen and oxygen atoms in total. The van der Waals surface area contributed by atoms with E-state index in [4.69, 9.17) is 0 Å². The molecule has 2 heterocycles. The average molecular weight is 362 g/mol. The lowest BCUT2D eigenvalue weighted by molar-refractivity contribution is -0.136. The van der Waals surface area contributed by atoms with E-state index in [-0.39, 0.29) is 30.3 Å². The third-order valence-corrected chi connectivity index (χ3v) is 5.30. The molecule has 0 spiro atoms. The SMILES string of the molecule is O=C(NC1CCCCC1)C1CCCN(C(=O)Cn2ccc(=O)[nH]c2=O)C1. The molecule has 3 rings (SSSR count). The van der Waals surface area contributed by atoms with Crippen LogP contribution >= 0.6 is 0 Å². The van der Waals surface area contributed by atoms with Crippen LogP contribution in [0.3, 0.4) is 0 Å². The van der Waals surface area contributed by atoms with E-state index in [9.17, 15) is 19.2 Å². The van der Waals surface area contributed by atoms with E-state index < -0.39 is 11.2 Å². The van der Waals surface area contributed by atoms with Crippen molar-refractivity contribution in [3.63, 3.8) is 0 Å². The van der Waals surface area contributed by atoms with Gasteiger partial charge in [0, 0.05) is 31.4 Å². The molecule has 0 radical (unpaired) electrons. The first-order valence-electron chi connectivity index (χ1n) is 9.41. The maximum Gasteiger partial charge on any atom is 0.328 e. The standard InChI is InChI=1S/C18H26N4O4/c23-15-8-10-22(18(26)20-15)12-16(24)21-9-4-5-13(11-21)17(25)19-14-6-2-1-3-7-14/h8,10,13-14H,1-7,9,11-12H2,(H,19,25)(H,20,23,26). The van der Waals surface area contributed by atoms with Crippen LogP contribution < -0.4 is 16.6 Å². The van der Waals surface area contributed by atoms with Crippen LogP contribution in [-0.4, -0.2) is 45.4 Å². The highest BCUT2D eigenvalue weighted by atomic mass is 16.2. The van der Waals surface area contributed by atoms with Crippen LogP contribution in [0.25, 0.3) is 0 Å². The normalized spacial score (nSPS) is 21.4. The maximum absolute atomic E-state index is 12.5. The largest absolute Gasteiger partial charge is 0.353 e. The second-order valence-corrected chi connectivity index (χ2v) is 7.26. The van der Waals surface area contributed by atoms with Gasteiger partial charge in [0.25, 0.3) is 5.56 Å². The molecule has 142 valence electrons. The molecule has 2 N–H and O–H groups in total. The minimum Gasteiger partial charge on any atom is -0.353 e. The Bertz CT molecular complexity index is 763. The van der Waals surface area contributed by atoms with Crippen molar-refractivity contribution in [2.24, 2.45) is 5.92 Å². The quantitative estimate of drug-likeness (QED) is 0.800. The predicted molar refractivity (Wildman–Crippen MR) is 95.6 cm³/mol. The summed E-state index contributed by atoms with van der Waals surface area (Å²) in [4.78, 5) is 51.7. The first-order valence-corrected chi connectivity index (χ1v) is 9.41. The third kappa shape index (κ3) is 4.62. The van der Waals surface area contributed by atoms with Crippen molar-refractivity contribution in [1.82, 2.24) is 19.8 Å². The molecule has 1 atom stereocenters. The molecule has 8 heteroatoms. The minimum absolute atomic E-state index is 0.0376. The van der Waals surface area contributed by atoms with Crippen LogP contribution in [0.15, 0.2) is 21.9 Å². The fourth-order valence-corrected chi connectivity index (χ4v) is 3.80. The van der Waals surface area contributed by atoms with Crippen molar-refractivity contribution in [2.45, 2.75) is 57.5 Å². The second-order valence-electron chi connectivity index (χ2n) is 7.26. The van der Waals surface area contributed by atoms with Gasteiger partial charge in [0.2, 0.25) is 11.8 Å².